The maximum Gasteiger partial charge on any atom is 0.254 e. The van der Waals surface area contributed by atoms with E-state index in [2.05, 4.69) is 14.8 Å². The zero-order valence-electron chi connectivity index (χ0n) is 10.8. The van der Waals surface area contributed by atoms with Gasteiger partial charge in [0.25, 0.3) is 10.0 Å². The van der Waals surface area contributed by atoms with Gasteiger partial charge in [0.1, 0.15) is 17.9 Å². The fourth-order valence-corrected chi connectivity index (χ4v) is 4.79. The first kappa shape index (κ1) is 13.5. The summed E-state index contributed by atoms with van der Waals surface area (Å²) in [5, 5.41) is 5.77. The number of rotatable bonds is 4. The van der Waals surface area contributed by atoms with Crippen molar-refractivity contribution in [2.75, 3.05) is 7.11 Å². The summed E-state index contributed by atoms with van der Waals surface area (Å²) in [5.41, 5.74) is 0. The molecule has 0 saturated carbocycles. The van der Waals surface area contributed by atoms with Gasteiger partial charge in [0.05, 0.1) is 13.2 Å². The van der Waals surface area contributed by atoms with E-state index in [1.54, 1.807) is 16.1 Å². The van der Waals surface area contributed by atoms with Crippen molar-refractivity contribution in [3.8, 4) is 5.75 Å². The van der Waals surface area contributed by atoms with Crippen molar-refractivity contribution in [1.82, 2.24) is 19.5 Å². The first-order chi connectivity index (χ1) is 9.62. The average Bonchev–Trinajstić information content (AvgIpc) is 3.07. The molecule has 1 aliphatic rings. The van der Waals surface area contributed by atoms with Crippen LogP contribution in [-0.4, -0.2) is 30.3 Å². The molecule has 20 heavy (non-hydrogen) atoms. The summed E-state index contributed by atoms with van der Waals surface area (Å²) in [6, 6.07) is 1.30. The number of hydrogen-bond donors (Lipinski definition) is 1. The summed E-state index contributed by atoms with van der Waals surface area (Å²) >= 11 is 1.13. The van der Waals surface area contributed by atoms with Gasteiger partial charge in [-0.25, -0.2) is 18.1 Å². The Labute approximate surface area is 120 Å². The molecular weight excluding hydrogens is 300 g/mol. The van der Waals surface area contributed by atoms with Crippen molar-refractivity contribution in [3.05, 3.63) is 23.6 Å². The minimum Gasteiger partial charge on any atom is -0.494 e. The Hall–Kier alpha value is -1.45. The van der Waals surface area contributed by atoms with E-state index < -0.39 is 10.0 Å². The predicted octanol–water partition coefficient (Wildman–Crippen LogP) is 1.16. The molecule has 0 amide bonds. The third kappa shape index (κ3) is 2.32. The lowest BCUT2D eigenvalue weighted by atomic mass is 10.1. The van der Waals surface area contributed by atoms with E-state index >= 15 is 0 Å². The summed E-state index contributed by atoms with van der Waals surface area (Å²) in [4.78, 5) is 4.14. The Balaban J connectivity index is 1.89. The van der Waals surface area contributed by atoms with E-state index in [1.807, 2.05) is 0 Å². The van der Waals surface area contributed by atoms with E-state index in [-0.39, 0.29) is 10.3 Å². The number of sulfonamides is 1. The minimum atomic E-state index is -3.62. The fraction of sp³-hybridized carbons (Fsp3) is 0.455. The number of methoxy groups -OCH3 is 1. The molecule has 0 fully saturated rings. The van der Waals surface area contributed by atoms with Gasteiger partial charge < -0.3 is 4.74 Å². The van der Waals surface area contributed by atoms with Gasteiger partial charge in [-0.15, -0.1) is 11.3 Å². The topological polar surface area (TPSA) is 86.1 Å². The van der Waals surface area contributed by atoms with Crippen molar-refractivity contribution in [2.24, 2.45) is 0 Å². The van der Waals surface area contributed by atoms with Gasteiger partial charge in [-0.05, 0) is 24.3 Å². The molecule has 1 aliphatic heterocycles. The molecule has 0 saturated heterocycles. The number of fused-ring (bicyclic) bond motifs is 1. The van der Waals surface area contributed by atoms with E-state index in [9.17, 15) is 8.42 Å². The standard InChI is InChI=1S/C11H14N4O3S2/c1-18-9-4-6-19-11(9)20(16,17)14-8-3-2-5-15-10(8)12-7-13-15/h4,6-8,14H,2-3,5H2,1H3/t8-/m1/s1. The fourth-order valence-electron chi connectivity index (χ4n) is 2.27. The Kier molecular flexibility index (Phi) is 3.48. The molecule has 9 heteroatoms. The lowest BCUT2D eigenvalue weighted by Gasteiger charge is -2.22. The number of aryl methyl sites for hydroxylation is 1. The number of nitrogens with zero attached hydrogens (tertiary/aromatic N) is 3. The highest BCUT2D eigenvalue weighted by atomic mass is 32.2. The third-order valence-corrected chi connectivity index (χ3v) is 6.10. The van der Waals surface area contributed by atoms with Crippen LogP contribution in [0.5, 0.6) is 5.75 Å². The smallest absolute Gasteiger partial charge is 0.254 e. The van der Waals surface area contributed by atoms with Gasteiger partial charge in [-0.3, -0.25) is 0 Å². The molecule has 7 nitrogen and oxygen atoms in total. The van der Waals surface area contributed by atoms with Crippen molar-refractivity contribution in [1.29, 1.82) is 0 Å². The van der Waals surface area contributed by atoms with Crippen LogP contribution >= 0.6 is 11.3 Å². The van der Waals surface area contributed by atoms with Crippen LogP contribution < -0.4 is 9.46 Å². The van der Waals surface area contributed by atoms with Crippen LogP contribution in [0, 0.1) is 0 Å². The first-order valence-electron chi connectivity index (χ1n) is 6.13. The quantitative estimate of drug-likeness (QED) is 0.915. The summed E-state index contributed by atoms with van der Waals surface area (Å²) in [5.74, 6) is 1.02. The number of aromatic nitrogens is 3. The van der Waals surface area contributed by atoms with Gasteiger partial charge >= 0.3 is 0 Å². The number of hydrogen-bond acceptors (Lipinski definition) is 6. The van der Waals surface area contributed by atoms with E-state index in [4.69, 9.17) is 4.74 Å². The van der Waals surface area contributed by atoms with E-state index in [0.717, 1.165) is 24.3 Å². The second kappa shape index (κ2) is 5.15. The van der Waals surface area contributed by atoms with Crippen LogP contribution in [0.2, 0.25) is 0 Å². The van der Waals surface area contributed by atoms with Crippen LogP contribution in [0.3, 0.4) is 0 Å². The lowest BCUT2D eigenvalue weighted by Crippen LogP contribution is -2.33. The monoisotopic (exact) mass is 314 g/mol. The molecule has 2 aromatic heterocycles. The predicted molar refractivity (Wildman–Crippen MR) is 73.2 cm³/mol. The van der Waals surface area contributed by atoms with Crippen LogP contribution in [0.25, 0.3) is 0 Å². The van der Waals surface area contributed by atoms with Crippen molar-refractivity contribution in [2.45, 2.75) is 29.6 Å². The molecule has 1 atom stereocenters. The zero-order chi connectivity index (χ0) is 14.2. The van der Waals surface area contributed by atoms with Crippen LogP contribution in [0.4, 0.5) is 0 Å². The van der Waals surface area contributed by atoms with Crippen molar-refractivity contribution in [3.63, 3.8) is 0 Å². The van der Waals surface area contributed by atoms with Crippen LogP contribution in [-0.2, 0) is 16.6 Å². The SMILES string of the molecule is COc1ccsc1S(=O)(=O)N[C@@H]1CCCn2ncnc21. The third-order valence-electron chi connectivity index (χ3n) is 3.18. The molecule has 0 unspecified atom stereocenters. The molecule has 0 radical (unpaired) electrons. The second-order valence-corrected chi connectivity index (χ2v) is 7.26. The van der Waals surface area contributed by atoms with Crippen molar-refractivity contribution < 1.29 is 13.2 Å². The molecule has 0 spiro atoms. The second-order valence-electron chi connectivity index (χ2n) is 4.43. The largest absolute Gasteiger partial charge is 0.494 e. The highest BCUT2D eigenvalue weighted by molar-refractivity contribution is 7.91. The van der Waals surface area contributed by atoms with Crippen LogP contribution in [0.1, 0.15) is 24.7 Å². The molecule has 3 rings (SSSR count). The Bertz CT molecular complexity index is 707. The van der Waals surface area contributed by atoms with E-state index in [1.165, 1.54) is 13.4 Å². The normalized spacial score (nSPS) is 18.8. The van der Waals surface area contributed by atoms with Crippen LogP contribution in [0.15, 0.2) is 22.0 Å². The lowest BCUT2D eigenvalue weighted by molar-refractivity contribution is 0.395. The number of nitrogens with one attached hydrogen (secondary N) is 1. The molecule has 0 aliphatic carbocycles. The van der Waals surface area contributed by atoms with Gasteiger partial charge in [0.15, 0.2) is 4.21 Å². The van der Waals surface area contributed by atoms with Gasteiger partial charge in [0.2, 0.25) is 0 Å². The maximum atomic E-state index is 12.4. The number of ether oxygens (including phenoxy) is 1. The molecular formula is C11H14N4O3S2. The van der Waals surface area contributed by atoms with Gasteiger partial charge in [-0.2, -0.15) is 9.82 Å². The average molecular weight is 314 g/mol. The van der Waals surface area contributed by atoms with Crippen molar-refractivity contribution >= 4 is 21.4 Å². The molecule has 1 N–H and O–H groups in total. The van der Waals surface area contributed by atoms with Gasteiger partial charge in [0, 0.05) is 6.54 Å². The van der Waals surface area contributed by atoms with E-state index in [0.29, 0.717) is 18.0 Å². The first-order valence-corrected chi connectivity index (χ1v) is 8.49. The summed E-state index contributed by atoms with van der Waals surface area (Å²) in [6.07, 6.45) is 3.03. The Morgan fingerprint density at radius 2 is 2.40 bits per heavy atom. The van der Waals surface area contributed by atoms with Gasteiger partial charge in [-0.1, -0.05) is 0 Å². The highest BCUT2D eigenvalue weighted by Gasteiger charge is 2.30. The Morgan fingerprint density at radius 1 is 1.55 bits per heavy atom. The molecule has 2 aromatic rings. The summed E-state index contributed by atoms with van der Waals surface area (Å²) < 4.78 is 34.6. The summed E-state index contributed by atoms with van der Waals surface area (Å²) in [6.45, 7) is 0.774. The maximum absolute atomic E-state index is 12.4. The summed E-state index contributed by atoms with van der Waals surface area (Å²) in [7, 11) is -2.16. The highest BCUT2D eigenvalue weighted by Crippen LogP contribution is 2.31. The number of thiophene rings is 1. The molecule has 3 heterocycles. The molecule has 108 valence electrons. The molecule has 0 bridgehead atoms. The zero-order valence-corrected chi connectivity index (χ0v) is 12.4. The Morgan fingerprint density at radius 3 is 3.20 bits per heavy atom. The molecule has 0 aromatic carbocycles. The minimum absolute atomic E-state index is 0.191.